The molecule has 1 aromatic heterocycles. The van der Waals surface area contributed by atoms with Crippen molar-refractivity contribution in [1.29, 1.82) is 0 Å². The van der Waals surface area contributed by atoms with Crippen molar-refractivity contribution in [3.8, 4) is 0 Å². The zero-order valence-corrected chi connectivity index (χ0v) is 10.4. The first-order chi connectivity index (χ1) is 8.59. The van der Waals surface area contributed by atoms with Crippen molar-refractivity contribution in [2.45, 2.75) is 32.2 Å². The SMILES string of the molecule is CC(=O)C1CCCCN1c1ccnc(C(N)=O)c1. The zero-order valence-electron chi connectivity index (χ0n) is 10.4. The van der Waals surface area contributed by atoms with Gasteiger partial charge in [-0.1, -0.05) is 0 Å². The summed E-state index contributed by atoms with van der Waals surface area (Å²) < 4.78 is 0. The van der Waals surface area contributed by atoms with Crippen LogP contribution in [0.1, 0.15) is 36.7 Å². The fraction of sp³-hybridized carbons (Fsp3) is 0.462. The van der Waals surface area contributed by atoms with Crippen LogP contribution in [0.3, 0.4) is 0 Å². The lowest BCUT2D eigenvalue weighted by Crippen LogP contribution is -2.44. The van der Waals surface area contributed by atoms with Crippen LogP contribution < -0.4 is 10.6 Å². The highest BCUT2D eigenvalue weighted by molar-refractivity contribution is 5.92. The minimum absolute atomic E-state index is 0.0955. The van der Waals surface area contributed by atoms with Gasteiger partial charge >= 0.3 is 0 Å². The summed E-state index contributed by atoms with van der Waals surface area (Å²) in [5.41, 5.74) is 6.30. The molecule has 1 atom stereocenters. The highest BCUT2D eigenvalue weighted by Gasteiger charge is 2.26. The van der Waals surface area contributed by atoms with Crippen LogP contribution in [0.4, 0.5) is 5.69 Å². The first-order valence-corrected chi connectivity index (χ1v) is 6.12. The maximum absolute atomic E-state index is 11.7. The number of aromatic nitrogens is 1. The van der Waals surface area contributed by atoms with Gasteiger partial charge in [-0.05, 0) is 38.3 Å². The van der Waals surface area contributed by atoms with Crippen molar-refractivity contribution >= 4 is 17.4 Å². The molecule has 0 radical (unpaired) electrons. The van der Waals surface area contributed by atoms with Crippen molar-refractivity contribution in [3.05, 3.63) is 24.0 Å². The molecular formula is C13H17N3O2. The number of Topliss-reactive ketones (excluding diaryl/α,β-unsaturated/α-hetero) is 1. The third-order valence-corrected chi connectivity index (χ3v) is 3.30. The minimum Gasteiger partial charge on any atom is -0.364 e. The number of amides is 1. The second kappa shape index (κ2) is 5.16. The van der Waals surface area contributed by atoms with Crippen molar-refractivity contribution in [3.63, 3.8) is 0 Å². The summed E-state index contributed by atoms with van der Waals surface area (Å²) in [4.78, 5) is 28.7. The van der Waals surface area contributed by atoms with Crippen molar-refractivity contribution in [2.24, 2.45) is 5.73 Å². The number of ketones is 1. The molecule has 96 valence electrons. The van der Waals surface area contributed by atoms with E-state index in [2.05, 4.69) is 4.98 Å². The highest BCUT2D eigenvalue weighted by Crippen LogP contribution is 2.25. The van der Waals surface area contributed by atoms with E-state index in [1.807, 2.05) is 11.0 Å². The zero-order chi connectivity index (χ0) is 13.1. The summed E-state index contributed by atoms with van der Waals surface area (Å²) in [6.45, 7) is 2.44. The van der Waals surface area contributed by atoms with Crippen LogP contribution in [0.5, 0.6) is 0 Å². The van der Waals surface area contributed by atoms with Gasteiger partial charge in [0.2, 0.25) is 0 Å². The molecule has 0 aromatic carbocycles. The molecule has 2 rings (SSSR count). The molecule has 1 amide bonds. The number of hydrogen-bond donors (Lipinski definition) is 1. The lowest BCUT2D eigenvalue weighted by atomic mass is 9.98. The van der Waals surface area contributed by atoms with Gasteiger partial charge in [0, 0.05) is 18.4 Å². The summed E-state index contributed by atoms with van der Waals surface area (Å²) in [7, 11) is 0. The number of pyridine rings is 1. The third kappa shape index (κ3) is 2.50. The smallest absolute Gasteiger partial charge is 0.267 e. The van der Waals surface area contributed by atoms with E-state index in [4.69, 9.17) is 5.73 Å². The molecule has 18 heavy (non-hydrogen) atoms. The first kappa shape index (κ1) is 12.5. The van der Waals surface area contributed by atoms with Gasteiger partial charge in [-0.2, -0.15) is 0 Å². The van der Waals surface area contributed by atoms with Crippen LogP contribution in [-0.2, 0) is 4.79 Å². The van der Waals surface area contributed by atoms with Gasteiger partial charge in [-0.15, -0.1) is 0 Å². The van der Waals surface area contributed by atoms with E-state index in [0.717, 1.165) is 31.5 Å². The largest absolute Gasteiger partial charge is 0.364 e. The topological polar surface area (TPSA) is 76.3 Å². The fourth-order valence-corrected chi connectivity index (χ4v) is 2.40. The molecule has 1 fully saturated rings. The Balaban J connectivity index is 2.30. The lowest BCUT2D eigenvalue weighted by Gasteiger charge is -2.36. The minimum atomic E-state index is -0.548. The molecular weight excluding hydrogens is 230 g/mol. The predicted molar refractivity (Wildman–Crippen MR) is 68.4 cm³/mol. The summed E-state index contributed by atoms with van der Waals surface area (Å²) >= 11 is 0. The van der Waals surface area contributed by atoms with Gasteiger partial charge in [0.15, 0.2) is 5.78 Å². The Morgan fingerprint density at radius 2 is 2.22 bits per heavy atom. The Kier molecular flexibility index (Phi) is 3.60. The lowest BCUT2D eigenvalue weighted by molar-refractivity contribution is -0.118. The molecule has 5 heteroatoms. The van der Waals surface area contributed by atoms with Crippen molar-refractivity contribution < 1.29 is 9.59 Å². The first-order valence-electron chi connectivity index (χ1n) is 6.12. The quantitative estimate of drug-likeness (QED) is 0.868. The molecule has 2 heterocycles. The summed E-state index contributed by atoms with van der Waals surface area (Å²) in [5, 5.41) is 0. The second-order valence-electron chi connectivity index (χ2n) is 4.58. The number of hydrogen-bond acceptors (Lipinski definition) is 4. The van der Waals surface area contributed by atoms with E-state index >= 15 is 0 Å². The summed E-state index contributed by atoms with van der Waals surface area (Å²) in [6.07, 6.45) is 4.54. The number of piperidine rings is 1. The molecule has 2 N–H and O–H groups in total. The van der Waals surface area contributed by atoms with Crippen LogP contribution >= 0.6 is 0 Å². The monoisotopic (exact) mass is 247 g/mol. The Hall–Kier alpha value is -1.91. The third-order valence-electron chi connectivity index (χ3n) is 3.30. The average molecular weight is 247 g/mol. The number of rotatable bonds is 3. The molecule has 1 saturated heterocycles. The van der Waals surface area contributed by atoms with E-state index in [9.17, 15) is 9.59 Å². The number of nitrogens with two attached hydrogens (primary N) is 1. The van der Waals surface area contributed by atoms with Gasteiger partial charge in [0.25, 0.3) is 5.91 Å². The Morgan fingerprint density at radius 1 is 1.44 bits per heavy atom. The summed E-state index contributed by atoms with van der Waals surface area (Å²) in [6, 6.07) is 3.37. The van der Waals surface area contributed by atoms with E-state index in [1.54, 1.807) is 19.2 Å². The molecule has 1 aliphatic rings. The highest BCUT2D eigenvalue weighted by atomic mass is 16.1. The number of anilines is 1. The normalized spacial score (nSPS) is 19.6. The Morgan fingerprint density at radius 3 is 2.89 bits per heavy atom. The van der Waals surface area contributed by atoms with Crippen molar-refractivity contribution in [1.82, 2.24) is 4.98 Å². The van der Waals surface area contributed by atoms with E-state index < -0.39 is 5.91 Å². The molecule has 0 aliphatic carbocycles. The van der Waals surface area contributed by atoms with Crippen LogP contribution in [0.25, 0.3) is 0 Å². The standard InChI is InChI=1S/C13H17N3O2/c1-9(17)12-4-2-3-7-16(12)10-5-6-15-11(8-10)13(14)18/h5-6,8,12H,2-4,7H2,1H3,(H2,14,18). The molecule has 1 unspecified atom stereocenters. The van der Waals surface area contributed by atoms with Crippen molar-refractivity contribution in [2.75, 3.05) is 11.4 Å². The number of nitrogens with zero attached hydrogens (tertiary/aromatic N) is 2. The van der Waals surface area contributed by atoms with Gasteiger partial charge in [-0.3, -0.25) is 14.6 Å². The molecule has 0 spiro atoms. The maximum atomic E-state index is 11.7. The van der Waals surface area contributed by atoms with E-state index in [1.165, 1.54) is 0 Å². The molecule has 1 aromatic rings. The Labute approximate surface area is 106 Å². The van der Waals surface area contributed by atoms with E-state index in [-0.39, 0.29) is 17.5 Å². The molecule has 1 aliphatic heterocycles. The second-order valence-corrected chi connectivity index (χ2v) is 4.58. The number of carbonyl (C=O) groups excluding carboxylic acids is 2. The average Bonchev–Trinajstić information content (AvgIpc) is 2.39. The molecule has 5 nitrogen and oxygen atoms in total. The predicted octanol–water partition coefficient (Wildman–Crippen LogP) is 1.13. The van der Waals surface area contributed by atoms with Gasteiger partial charge in [-0.25, -0.2) is 0 Å². The van der Waals surface area contributed by atoms with Gasteiger partial charge < -0.3 is 10.6 Å². The van der Waals surface area contributed by atoms with Crippen LogP contribution in [0.2, 0.25) is 0 Å². The summed E-state index contributed by atoms with van der Waals surface area (Å²) in [5.74, 6) is -0.389. The van der Waals surface area contributed by atoms with Crippen LogP contribution in [0.15, 0.2) is 18.3 Å². The van der Waals surface area contributed by atoms with Crippen LogP contribution in [-0.4, -0.2) is 29.3 Å². The maximum Gasteiger partial charge on any atom is 0.267 e. The molecule has 0 bridgehead atoms. The van der Waals surface area contributed by atoms with Gasteiger partial charge in [0.1, 0.15) is 5.69 Å². The fourth-order valence-electron chi connectivity index (χ4n) is 2.40. The van der Waals surface area contributed by atoms with E-state index in [0.29, 0.717) is 0 Å². The number of primary amides is 1. The number of carbonyl (C=O) groups is 2. The Bertz CT molecular complexity index is 473. The molecule has 0 saturated carbocycles. The van der Waals surface area contributed by atoms with Gasteiger partial charge in [0.05, 0.1) is 6.04 Å². The van der Waals surface area contributed by atoms with Crippen LogP contribution in [0, 0.1) is 0 Å².